The van der Waals surface area contributed by atoms with Crippen molar-refractivity contribution in [3.8, 4) is 0 Å². The van der Waals surface area contributed by atoms with Gasteiger partial charge in [-0.3, -0.25) is 0 Å². The van der Waals surface area contributed by atoms with Gasteiger partial charge < -0.3 is 4.18 Å². The fraction of sp³-hybridized carbons (Fsp3) is 0.667. The highest BCUT2D eigenvalue weighted by Gasteiger charge is 2.26. The first kappa shape index (κ1) is 16.8. The third-order valence-corrected chi connectivity index (χ3v) is 5.36. The Morgan fingerprint density at radius 1 is 1.10 bits per heavy atom. The third kappa shape index (κ3) is 4.23. The molecule has 0 aliphatic heterocycles. The van der Waals surface area contributed by atoms with Gasteiger partial charge in [0.15, 0.2) is 0 Å². The first-order chi connectivity index (χ1) is 9.79. The Kier molecular flexibility index (Phi) is 5.37. The van der Waals surface area contributed by atoms with Crippen LogP contribution in [0.3, 0.4) is 0 Å². The quantitative estimate of drug-likeness (QED) is 0.642. The number of hydrogen-bond donors (Lipinski definition) is 0. The van der Waals surface area contributed by atoms with E-state index in [0.717, 1.165) is 24.2 Å². The smallest absolute Gasteiger partial charge is 0.127 e. The van der Waals surface area contributed by atoms with Crippen molar-refractivity contribution in [3.05, 3.63) is 28.8 Å². The second-order valence-electron chi connectivity index (χ2n) is 7.21. The van der Waals surface area contributed by atoms with Gasteiger partial charge in [0, 0.05) is 16.9 Å². The van der Waals surface area contributed by atoms with Gasteiger partial charge in [-0.25, -0.2) is 4.39 Å². The van der Waals surface area contributed by atoms with Crippen molar-refractivity contribution < 1.29 is 8.57 Å². The molecule has 3 heteroatoms. The summed E-state index contributed by atoms with van der Waals surface area (Å²) < 4.78 is 19.6. The minimum atomic E-state index is -0.805. The summed E-state index contributed by atoms with van der Waals surface area (Å²) in [6.45, 7) is 10.9. The van der Waals surface area contributed by atoms with Crippen LogP contribution in [0.4, 0.5) is 4.39 Å². The Morgan fingerprint density at radius 3 is 2.19 bits per heavy atom. The maximum Gasteiger partial charge on any atom is 0.127 e. The molecule has 0 heterocycles. The van der Waals surface area contributed by atoms with Crippen LogP contribution in [0.25, 0.3) is 0 Å². The van der Waals surface area contributed by atoms with Crippen molar-refractivity contribution in [2.75, 3.05) is 0 Å². The average Bonchev–Trinajstić information content (AvgIpc) is 2.38. The van der Waals surface area contributed by atoms with Crippen LogP contribution >= 0.6 is 12.0 Å². The molecule has 1 aromatic rings. The molecule has 0 aromatic heterocycles. The standard InChI is InChI=1S/C18H27FOS/c1-12-10-14(18(3,4)5)11-13(2)17(12)21-20-16-9-7-6-8-15(16)19/h10-11,15-16H,6-9H2,1-5H3/t15-,16-/m1/s1. The summed E-state index contributed by atoms with van der Waals surface area (Å²) in [6, 6.07) is 4.46. The Bertz CT molecular complexity index is 469. The second-order valence-corrected chi connectivity index (χ2v) is 7.97. The molecule has 0 saturated heterocycles. The summed E-state index contributed by atoms with van der Waals surface area (Å²) in [7, 11) is 0. The van der Waals surface area contributed by atoms with Crippen molar-refractivity contribution in [3.63, 3.8) is 0 Å². The monoisotopic (exact) mass is 310 g/mol. The molecule has 0 spiro atoms. The average molecular weight is 310 g/mol. The number of hydrogen-bond acceptors (Lipinski definition) is 2. The van der Waals surface area contributed by atoms with Crippen molar-refractivity contribution in [2.45, 2.75) is 82.9 Å². The molecule has 2 rings (SSSR count). The lowest BCUT2D eigenvalue weighted by Gasteiger charge is -2.26. The van der Waals surface area contributed by atoms with E-state index in [1.165, 1.54) is 28.7 Å². The van der Waals surface area contributed by atoms with Gasteiger partial charge in [-0.15, -0.1) is 0 Å². The molecular weight excluding hydrogens is 283 g/mol. The van der Waals surface area contributed by atoms with Gasteiger partial charge in [-0.05, 0) is 48.8 Å². The number of benzene rings is 1. The van der Waals surface area contributed by atoms with Crippen LogP contribution in [0.2, 0.25) is 0 Å². The fourth-order valence-electron chi connectivity index (χ4n) is 2.78. The molecule has 0 radical (unpaired) electrons. The van der Waals surface area contributed by atoms with Gasteiger partial charge >= 0.3 is 0 Å². The summed E-state index contributed by atoms with van der Waals surface area (Å²) in [5.74, 6) is 0. The first-order valence-electron chi connectivity index (χ1n) is 7.88. The van der Waals surface area contributed by atoms with E-state index in [-0.39, 0.29) is 11.5 Å². The van der Waals surface area contributed by atoms with Crippen molar-refractivity contribution in [1.82, 2.24) is 0 Å². The van der Waals surface area contributed by atoms with E-state index in [1.807, 2.05) is 0 Å². The molecule has 1 fully saturated rings. The van der Waals surface area contributed by atoms with E-state index in [2.05, 4.69) is 46.8 Å². The number of halogens is 1. The highest BCUT2D eigenvalue weighted by Crippen LogP contribution is 2.35. The van der Waals surface area contributed by atoms with Crippen molar-refractivity contribution >= 4 is 12.0 Å². The summed E-state index contributed by atoms with van der Waals surface area (Å²) in [6.07, 6.45) is 2.50. The van der Waals surface area contributed by atoms with Crippen LogP contribution in [-0.2, 0) is 9.60 Å². The van der Waals surface area contributed by atoms with Crippen molar-refractivity contribution in [1.29, 1.82) is 0 Å². The Labute approximate surface area is 132 Å². The third-order valence-electron chi connectivity index (χ3n) is 4.20. The van der Waals surface area contributed by atoms with Gasteiger partial charge in [0.1, 0.15) is 12.3 Å². The summed E-state index contributed by atoms with van der Waals surface area (Å²) >= 11 is 1.36. The molecule has 0 N–H and O–H groups in total. The Hall–Kier alpha value is -0.540. The highest BCUT2D eigenvalue weighted by atomic mass is 32.2. The van der Waals surface area contributed by atoms with E-state index >= 15 is 0 Å². The van der Waals surface area contributed by atoms with Gasteiger partial charge in [0.2, 0.25) is 0 Å². The van der Waals surface area contributed by atoms with E-state index in [0.29, 0.717) is 6.42 Å². The SMILES string of the molecule is Cc1cc(C(C)(C)C)cc(C)c1SO[C@@H]1CCCC[C@H]1F. The minimum absolute atomic E-state index is 0.146. The zero-order chi connectivity index (χ0) is 15.6. The fourth-order valence-corrected chi connectivity index (χ4v) is 3.60. The normalized spacial score (nSPS) is 23.3. The van der Waals surface area contributed by atoms with Crippen LogP contribution in [0.15, 0.2) is 17.0 Å². The molecule has 21 heavy (non-hydrogen) atoms. The molecule has 0 unspecified atom stereocenters. The lowest BCUT2D eigenvalue weighted by Crippen LogP contribution is -2.27. The topological polar surface area (TPSA) is 9.23 Å². The maximum atomic E-state index is 13.8. The predicted molar refractivity (Wildman–Crippen MR) is 88.7 cm³/mol. The molecule has 2 atom stereocenters. The zero-order valence-corrected chi connectivity index (χ0v) is 14.6. The first-order valence-corrected chi connectivity index (χ1v) is 8.62. The second kappa shape index (κ2) is 6.70. The number of rotatable bonds is 3. The molecular formula is C18H27FOS. The molecule has 1 nitrogen and oxygen atoms in total. The van der Waals surface area contributed by atoms with E-state index < -0.39 is 6.17 Å². The molecule has 1 aliphatic carbocycles. The maximum absolute atomic E-state index is 13.8. The highest BCUT2D eigenvalue weighted by molar-refractivity contribution is 7.94. The lowest BCUT2D eigenvalue weighted by molar-refractivity contribution is 0.0808. The van der Waals surface area contributed by atoms with Gasteiger partial charge in [0.05, 0.1) is 0 Å². The van der Waals surface area contributed by atoms with Gasteiger partial charge in [-0.2, -0.15) is 0 Å². The van der Waals surface area contributed by atoms with Crippen LogP contribution in [0, 0.1) is 13.8 Å². The van der Waals surface area contributed by atoms with Crippen LogP contribution < -0.4 is 0 Å². The molecule has 1 aliphatic rings. The summed E-state index contributed by atoms with van der Waals surface area (Å²) in [5, 5.41) is 0. The van der Waals surface area contributed by atoms with Crippen LogP contribution in [-0.4, -0.2) is 12.3 Å². The Morgan fingerprint density at radius 2 is 1.67 bits per heavy atom. The number of alkyl halides is 1. The van der Waals surface area contributed by atoms with Gasteiger partial charge in [0.25, 0.3) is 0 Å². The lowest BCUT2D eigenvalue weighted by atomic mass is 9.85. The van der Waals surface area contributed by atoms with Crippen molar-refractivity contribution in [2.24, 2.45) is 0 Å². The molecule has 0 amide bonds. The molecule has 1 aromatic carbocycles. The molecule has 118 valence electrons. The molecule has 1 saturated carbocycles. The minimum Gasteiger partial charge on any atom is -0.304 e. The number of aryl methyl sites for hydroxylation is 2. The Balaban J connectivity index is 2.10. The van der Waals surface area contributed by atoms with Crippen LogP contribution in [0.5, 0.6) is 0 Å². The van der Waals surface area contributed by atoms with E-state index in [9.17, 15) is 4.39 Å². The molecule has 0 bridgehead atoms. The summed E-state index contributed by atoms with van der Waals surface area (Å²) in [4.78, 5) is 1.14. The van der Waals surface area contributed by atoms with Gasteiger partial charge in [-0.1, -0.05) is 45.7 Å². The van der Waals surface area contributed by atoms with E-state index in [1.54, 1.807) is 0 Å². The summed E-state index contributed by atoms with van der Waals surface area (Å²) in [5.41, 5.74) is 3.92. The van der Waals surface area contributed by atoms with Crippen LogP contribution in [0.1, 0.15) is 63.1 Å². The predicted octanol–water partition coefficient (Wildman–Crippen LogP) is 5.91. The largest absolute Gasteiger partial charge is 0.304 e. The zero-order valence-electron chi connectivity index (χ0n) is 13.8. The van der Waals surface area contributed by atoms with E-state index in [4.69, 9.17) is 4.18 Å².